The summed E-state index contributed by atoms with van der Waals surface area (Å²) in [4.78, 5) is 9.72. The molecule has 0 saturated carbocycles. The van der Waals surface area contributed by atoms with E-state index in [0.717, 1.165) is 23.0 Å². The number of hydrogen-bond acceptors (Lipinski definition) is 4. The van der Waals surface area contributed by atoms with Crippen molar-refractivity contribution in [3.63, 3.8) is 0 Å². The minimum atomic E-state index is 0.218. The molecule has 1 unspecified atom stereocenters. The number of imidazole rings is 1. The molecule has 104 valence electrons. The van der Waals surface area contributed by atoms with Gasteiger partial charge < -0.3 is 10.3 Å². The molecule has 6 heteroatoms. The normalized spacial score (nSPS) is 12.7. The highest BCUT2D eigenvalue weighted by molar-refractivity contribution is 7.16. The van der Waals surface area contributed by atoms with Crippen LogP contribution in [0.3, 0.4) is 0 Å². The highest BCUT2D eigenvalue weighted by atomic mass is 35.5. The number of nitrogens with one attached hydrogen (secondary N) is 2. The second kappa shape index (κ2) is 6.54. The molecular formula is C14H14ClN3S2. The molecule has 3 aromatic rings. The average molecular weight is 324 g/mol. The van der Waals surface area contributed by atoms with Gasteiger partial charge in [-0.15, -0.1) is 22.7 Å². The molecule has 3 rings (SSSR count). The van der Waals surface area contributed by atoms with Crippen LogP contribution in [0.15, 0.2) is 42.2 Å². The zero-order chi connectivity index (χ0) is 13.8. The Hall–Kier alpha value is -1.14. The Labute approximate surface area is 130 Å². The standard InChI is InChI=1S/C14H14ClN3S2/c15-13-4-3-12(20-13)14(11-2-1-7-19-11)17-6-5-10-8-16-9-18-10/h1-4,7-9,14,17H,5-6H2,(H,16,18). The van der Waals surface area contributed by atoms with Gasteiger partial charge >= 0.3 is 0 Å². The molecule has 3 nitrogen and oxygen atoms in total. The third-order valence-corrected chi connectivity index (χ3v) is 5.24. The van der Waals surface area contributed by atoms with Crippen LogP contribution in [0.5, 0.6) is 0 Å². The van der Waals surface area contributed by atoms with E-state index in [9.17, 15) is 0 Å². The zero-order valence-corrected chi connectivity index (χ0v) is 13.1. The van der Waals surface area contributed by atoms with Crippen molar-refractivity contribution in [2.75, 3.05) is 6.54 Å². The molecule has 0 bridgehead atoms. The third kappa shape index (κ3) is 3.30. The predicted octanol–water partition coefficient (Wildman–Crippen LogP) is 4.11. The van der Waals surface area contributed by atoms with Crippen molar-refractivity contribution < 1.29 is 0 Å². The maximum absolute atomic E-state index is 6.06. The van der Waals surface area contributed by atoms with E-state index in [1.54, 1.807) is 29.0 Å². The van der Waals surface area contributed by atoms with Gasteiger partial charge in [-0.2, -0.15) is 0 Å². The quantitative estimate of drug-likeness (QED) is 0.716. The molecule has 0 amide bonds. The van der Waals surface area contributed by atoms with Crippen LogP contribution in [0.2, 0.25) is 4.34 Å². The molecular weight excluding hydrogens is 310 g/mol. The first-order valence-corrected chi connectivity index (χ1v) is 8.39. The van der Waals surface area contributed by atoms with Crippen molar-refractivity contribution in [3.05, 3.63) is 62.0 Å². The van der Waals surface area contributed by atoms with E-state index in [2.05, 4.69) is 38.9 Å². The van der Waals surface area contributed by atoms with Crippen LogP contribution in [-0.2, 0) is 6.42 Å². The molecule has 2 N–H and O–H groups in total. The Morgan fingerprint density at radius 2 is 2.25 bits per heavy atom. The number of halogens is 1. The number of rotatable bonds is 6. The van der Waals surface area contributed by atoms with Crippen LogP contribution < -0.4 is 5.32 Å². The third-order valence-electron chi connectivity index (χ3n) is 3.00. The van der Waals surface area contributed by atoms with Crippen molar-refractivity contribution in [1.82, 2.24) is 15.3 Å². The van der Waals surface area contributed by atoms with Gasteiger partial charge in [0.05, 0.1) is 16.7 Å². The fourth-order valence-corrected chi connectivity index (χ4v) is 4.10. The Morgan fingerprint density at radius 3 is 2.90 bits per heavy atom. The molecule has 0 aliphatic heterocycles. The van der Waals surface area contributed by atoms with Crippen LogP contribution in [0.25, 0.3) is 0 Å². The summed E-state index contributed by atoms with van der Waals surface area (Å²) in [6.07, 6.45) is 4.51. The molecule has 3 heterocycles. The summed E-state index contributed by atoms with van der Waals surface area (Å²) in [5.41, 5.74) is 1.15. The van der Waals surface area contributed by atoms with Gasteiger partial charge in [0.1, 0.15) is 0 Å². The lowest BCUT2D eigenvalue weighted by atomic mass is 10.2. The first-order chi connectivity index (χ1) is 9.83. The second-order valence-corrected chi connectivity index (χ2v) is 7.10. The smallest absolute Gasteiger partial charge is 0.0931 e. The Bertz CT molecular complexity index is 631. The summed E-state index contributed by atoms with van der Waals surface area (Å²) < 4.78 is 0.830. The lowest BCUT2D eigenvalue weighted by molar-refractivity contribution is 0.618. The minimum Gasteiger partial charge on any atom is -0.348 e. The van der Waals surface area contributed by atoms with E-state index >= 15 is 0 Å². The first kappa shape index (κ1) is 13.8. The summed E-state index contributed by atoms with van der Waals surface area (Å²) in [6, 6.07) is 8.51. The molecule has 0 saturated heterocycles. The molecule has 0 aliphatic rings. The monoisotopic (exact) mass is 323 g/mol. The van der Waals surface area contributed by atoms with E-state index in [1.165, 1.54) is 9.75 Å². The SMILES string of the molecule is Clc1ccc(C(NCCc2cnc[nH]2)c2cccs2)s1. The van der Waals surface area contributed by atoms with Crippen molar-refractivity contribution >= 4 is 34.3 Å². The van der Waals surface area contributed by atoms with Crippen LogP contribution in [0.4, 0.5) is 0 Å². The number of hydrogen-bond donors (Lipinski definition) is 2. The van der Waals surface area contributed by atoms with Crippen molar-refractivity contribution in [3.8, 4) is 0 Å². The van der Waals surface area contributed by atoms with Gasteiger partial charge in [0.15, 0.2) is 0 Å². The van der Waals surface area contributed by atoms with Crippen LogP contribution in [-0.4, -0.2) is 16.5 Å². The Balaban J connectivity index is 1.70. The molecule has 20 heavy (non-hydrogen) atoms. The summed E-state index contributed by atoms with van der Waals surface area (Å²) >= 11 is 9.46. The minimum absolute atomic E-state index is 0.218. The summed E-state index contributed by atoms with van der Waals surface area (Å²) in [5.74, 6) is 0. The van der Waals surface area contributed by atoms with E-state index in [1.807, 2.05) is 12.3 Å². The first-order valence-electron chi connectivity index (χ1n) is 6.32. The van der Waals surface area contributed by atoms with E-state index in [0.29, 0.717) is 0 Å². The largest absolute Gasteiger partial charge is 0.348 e. The van der Waals surface area contributed by atoms with Crippen molar-refractivity contribution in [1.29, 1.82) is 0 Å². The van der Waals surface area contributed by atoms with E-state index < -0.39 is 0 Å². The summed E-state index contributed by atoms with van der Waals surface area (Å²) in [5, 5.41) is 5.71. The van der Waals surface area contributed by atoms with Crippen molar-refractivity contribution in [2.45, 2.75) is 12.5 Å². The Morgan fingerprint density at radius 1 is 1.30 bits per heavy atom. The highest BCUT2D eigenvalue weighted by Crippen LogP contribution is 2.32. The number of thiophene rings is 2. The van der Waals surface area contributed by atoms with Gasteiger partial charge in [-0.3, -0.25) is 0 Å². The van der Waals surface area contributed by atoms with Crippen molar-refractivity contribution in [2.24, 2.45) is 0 Å². The van der Waals surface area contributed by atoms with Crippen LogP contribution in [0, 0.1) is 0 Å². The van der Waals surface area contributed by atoms with E-state index in [4.69, 9.17) is 11.6 Å². The number of aromatic nitrogens is 2. The van der Waals surface area contributed by atoms with Crippen LogP contribution in [0.1, 0.15) is 21.5 Å². The number of nitrogens with zero attached hydrogens (tertiary/aromatic N) is 1. The fraction of sp³-hybridized carbons (Fsp3) is 0.214. The van der Waals surface area contributed by atoms with Gasteiger partial charge in [0.2, 0.25) is 0 Å². The Kier molecular flexibility index (Phi) is 4.52. The second-order valence-electron chi connectivity index (χ2n) is 4.37. The predicted molar refractivity (Wildman–Crippen MR) is 85.8 cm³/mol. The molecule has 0 aromatic carbocycles. The molecule has 1 atom stereocenters. The number of aromatic amines is 1. The summed E-state index contributed by atoms with van der Waals surface area (Å²) in [7, 11) is 0. The lowest BCUT2D eigenvalue weighted by Gasteiger charge is -2.15. The highest BCUT2D eigenvalue weighted by Gasteiger charge is 2.16. The molecule has 0 radical (unpaired) electrons. The van der Waals surface area contributed by atoms with Gasteiger partial charge in [-0.25, -0.2) is 4.98 Å². The maximum atomic E-state index is 6.06. The zero-order valence-electron chi connectivity index (χ0n) is 10.7. The van der Waals surface area contributed by atoms with Gasteiger partial charge in [0, 0.05) is 34.6 Å². The fourth-order valence-electron chi connectivity index (χ4n) is 2.05. The maximum Gasteiger partial charge on any atom is 0.0931 e. The molecule has 0 aliphatic carbocycles. The molecule has 0 fully saturated rings. The van der Waals surface area contributed by atoms with Gasteiger partial charge in [-0.05, 0) is 23.6 Å². The van der Waals surface area contributed by atoms with Crippen LogP contribution >= 0.6 is 34.3 Å². The topological polar surface area (TPSA) is 40.7 Å². The van der Waals surface area contributed by atoms with Gasteiger partial charge in [0.25, 0.3) is 0 Å². The van der Waals surface area contributed by atoms with Gasteiger partial charge in [-0.1, -0.05) is 17.7 Å². The average Bonchev–Trinajstić information content (AvgIpc) is 3.17. The van der Waals surface area contributed by atoms with E-state index in [-0.39, 0.29) is 6.04 Å². The molecule has 3 aromatic heterocycles. The number of H-pyrrole nitrogens is 1. The molecule has 0 spiro atoms. The summed E-state index contributed by atoms with van der Waals surface area (Å²) in [6.45, 7) is 0.889. The lowest BCUT2D eigenvalue weighted by Crippen LogP contribution is -2.23.